The Morgan fingerprint density at radius 2 is 1.79 bits per heavy atom. The average Bonchev–Trinajstić information content (AvgIpc) is 3.22. The standard InChI is InChI=1S/C22H23ClN4O2/c1-16-6-2-3-7-17(16)22-24-20(29-25-22)10-11-21(28)27-14-12-26(13-15-27)19-9-5-4-8-18(19)23/h2-9H,10-15H2,1H3. The third-order valence-corrected chi connectivity index (χ3v) is 5.55. The van der Waals surface area contributed by atoms with Crippen LogP contribution in [0.15, 0.2) is 53.1 Å². The number of aromatic nitrogens is 2. The van der Waals surface area contributed by atoms with E-state index in [1.807, 2.05) is 60.4 Å². The van der Waals surface area contributed by atoms with E-state index < -0.39 is 0 Å². The average molecular weight is 411 g/mol. The first-order chi connectivity index (χ1) is 14.1. The van der Waals surface area contributed by atoms with Gasteiger partial charge in [0.05, 0.1) is 10.7 Å². The number of rotatable bonds is 5. The maximum atomic E-state index is 12.6. The Labute approximate surface area is 175 Å². The van der Waals surface area contributed by atoms with Crippen molar-refractivity contribution in [1.82, 2.24) is 15.0 Å². The Morgan fingerprint density at radius 3 is 2.55 bits per heavy atom. The molecule has 2 aromatic carbocycles. The first-order valence-corrected chi connectivity index (χ1v) is 10.2. The summed E-state index contributed by atoms with van der Waals surface area (Å²) in [5.74, 6) is 1.17. The van der Waals surface area contributed by atoms with E-state index in [0.717, 1.165) is 34.9 Å². The van der Waals surface area contributed by atoms with E-state index in [2.05, 4.69) is 15.0 Å². The fourth-order valence-corrected chi connectivity index (χ4v) is 3.82. The van der Waals surface area contributed by atoms with Gasteiger partial charge in [-0.3, -0.25) is 4.79 Å². The third-order valence-electron chi connectivity index (χ3n) is 5.23. The van der Waals surface area contributed by atoms with E-state index in [1.54, 1.807) is 0 Å². The first-order valence-electron chi connectivity index (χ1n) is 9.77. The summed E-state index contributed by atoms with van der Waals surface area (Å²) < 4.78 is 5.35. The topological polar surface area (TPSA) is 62.5 Å². The lowest BCUT2D eigenvalue weighted by Crippen LogP contribution is -2.48. The maximum absolute atomic E-state index is 12.6. The minimum atomic E-state index is 0.111. The minimum absolute atomic E-state index is 0.111. The van der Waals surface area contributed by atoms with Crippen molar-refractivity contribution >= 4 is 23.2 Å². The molecule has 0 unspecified atom stereocenters. The number of nitrogens with zero attached hydrogens (tertiary/aromatic N) is 4. The van der Waals surface area contributed by atoms with Crippen molar-refractivity contribution in [3.63, 3.8) is 0 Å². The van der Waals surface area contributed by atoms with Gasteiger partial charge in [0.2, 0.25) is 17.6 Å². The molecule has 1 aromatic heterocycles. The third kappa shape index (κ3) is 4.43. The summed E-state index contributed by atoms with van der Waals surface area (Å²) in [6.45, 7) is 4.92. The fraction of sp³-hybridized carbons (Fsp3) is 0.318. The van der Waals surface area contributed by atoms with Crippen LogP contribution in [0.5, 0.6) is 0 Å². The van der Waals surface area contributed by atoms with Gasteiger partial charge in [-0.05, 0) is 24.6 Å². The number of hydrogen-bond donors (Lipinski definition) is 0. The summed E-state index contributed by atoms with van der Waals surface area (Å²) in [7, 11) is 0. The molecule has 0 saturated carbocycles. The molecule has 1 amide bonds. The van der Waals surface area contributed by atoms with Gasteiger partial charge in [0.25, 0.3) is 0 Å². The van der Waals surface area contributed by atoms with E-state index in [4.69, 9.17) is 16.1 Å². The second-order valence-corrected chi connectivity index (χ2v) is 7.55. The van der Waals surface area contributed by atoms with Gasteiger partial charge in [-0.1, -0.05) is 53.2 Å². The van der Waals surface area contributed by atoms with Gasteiger partial charge in [0.1, 0.15) is 0 Å². The van der Waals surface area contributed by atoms with Crippen LogP contribution in [0.1, 0.15) is 17.9 Å². The Kier molecular flexibility index (Phi) is 5.81. The molecule has 150 valence electrons. The molecule has 0 aliphatic carbocycles. The largest absolute Gasteiger partial charge is 0.367 e. The van der Waals surface area contributed by atoms with Crippen LogP contribution in [-0.2, 0) is 11.2 Å². The van der Waals surface area contributed by atoms with E-state index >= 15 is 0 Å². The van der Waals surface area contributed by atoms with Crippen LogP contribution in [0.25, 0.3) is 11.4 Å². The van der Waals surface area contributed by atoms with Gasteiger partial charge in [0.15, 0.2) is 0 Å². The molecular weight excluding hydrogens is 388 g/mol. The SMILES string of the molecule is Cc1ccccc1-c1noc(CCC(=O)N2CCN(c3ccccc3Cl)CC2)n1. The zero-order valence-electron chi connectivity index (χ0n) is 16.3. The molecule has 1 aliphatic rings. The number of piperazine rings is 1. The van der Waals surface area contributed by atoms with Crippen LogP contribution in [-0.4, -0.2) is 47.1 Å². The summed E-state index contributed by atoms with van der Waals surface area (Å²) in [6, 6.07) is 15.7. The molecule has 3 aromatic rings. The zero-order valence-corrected chi connectivity index (χ0v) is 17.1. The van der Waals surface area contributed by atoms with Gasteiger partial charge < -0.3 is 14.3 Å². The number of amides is 1. The molecule has 0 atom stereocenters. The van der Waals surface area contributed by atoms with E-state index in [1.165, 1.54) is 0 Å². The summed E-state index contributed by atoms with van der Waals surface area (Å²) in [4.78, 5) is 21.2. The molecule has 0 spiro atoms. The fourth-order valence-electron chi connectivity index (χ4n) is 3.57. The van der Waals surface area contributed by atoms with Crippen LogP contribution < -0.4 is 4.90 Å². The van der Waals surface area contributed by atoms with Crippen molar-refractivity contribution < 1.29 is 9.32 Å². The molecule has 7 heteroatoms. The number of benzene rings is 2. The highest BCUT2D eigenvalue weighted by Crippen LogP contribution is 2.26. The summed E-state index contributed by atoms with van der Waals surface area (Å²) >= 11 is 6.28. The van der Waals surface area contributed by atoms with Gasteiger partial charge in [-0.15, -0.1) is 0 Å². The number of para-hydroxylation sites is 1. The van der Waals surface area contributed by atoms with Crippen LogP contribution in [0, 0.1) is 6.92 Å². The van der Waals surface area contributed by atoms with Crippen molar-refractivity contribution in [2.45, 2.75) is 19.8 Å². The summed E-state index contributed by atoms with van der Waals surface area (Å²) in [5.41, 5.74) is 3.06. The molecule has 0 bridgehead atoms. The number of carbonyl (C=O) groups excluding carboxylic acids is 1. The number of halogens is 1. The van der Waals surface area contributed by atoms with Gasteiger partial charge >= 0.3 is 0 Å². The molecular formula is C22H23ClN4O2. The van der Waals surface area contributed by atoms with Gasteiger partial charge in [-0.2, -0.15) is 4.98 Å². The lowest BCUT2D eigenvalue weighted by Gasteiger charge is -2.36. The lowest BCUT2D eigenvalue weighted by molar-refractivity contribution is -0.131. The Hall–Kier alpha value is -2.86. The Morgan fingerprint density at radius 1 is 1.07 bits per heavy atom. The molecule has 4 rings (SSSR count). The van der Waals surface area contributed by atoms with Gasteiger partial charge in [-0.25, -0.2) is 0 Å². The highest BCUT2D eigenvalue weighted by molar-refractivity contribution is 6.33. The second-order valence-electron chi connectivity index (χ2n) is 7.15. The highest BCUT2D eigenvalue weighted by atomic mass is 35.5. The van der Waals surface area contributed by atoms with Crippen LogP contribution in [0.2, 0.25) is 5.02 Å². The number of aryl methyl sites for hydroxylation is 2. The Bertz CT molecular complexity index is 996. The minimum Gasteiger partial charge on any atom is -0.367 e. The predicted octanol–water partition coefficient (Wildman–Crippen LogP) is 3.98. The molecule has 1 saturated heterocycles. The van der Waals surface area contributed by atoms with Crippen molar-refractivity contribution in [3.8, 4) is 11.4 Å². The van der Waals surface area contributed by atoms with Crippen LogP contribution in [0.3, 0.4) is 0 Å². The van der Waals surface area contributed by atoms with E-state index in [0.29, 0.717) is 37.6 Å². The van der Waals surface area contributed by atoms with E-state index in [-0.39, 0.29) is 5.91 Å². The van der Waals surface area contributed by atoms with Crippen molar-refractivity contribution in [3.05, 3.63) is 65.0 Å². The molecule has 0 N–H and O–H groups in total. The highest BCUT2D eigenvalue weighted by Gasteiger charge is 2.22. The van der Waals surface area contributed by atoms with Crippen molar-refractivity contribution in [1.29, 1.82) is 0 Å². The Balaban J connectivity index is 1.30. The number of hydrogen-bond acceptors (Lipinski definition) is 5. The van der Waals surface area contributed by atoms with Crippen LogP contribution in [0.4, 0.5) is 5.69 Å². The predicted molar refractivity (Wildman–Crippen MR) is 113 cm³/mol. The first kappa shape index (κ1) is 19.5. The maximum Gasteiger partial charge on any atom is 0.227 e. The molecule has 29 heavy (non-hydrogen) atoms. The quantitative estimate of drug-likeness (QED) is 0.636. The molecule has 1 fully saturated rings. The van der Waals surface area contributed by atoms with Crippen molar-refractivity contribution in [2.24, 2.45) is 0 Å². The van der Waals surface area contributed by atoms with E-state index in [9.17, 15) is 4.79 Å². The second kappa shape index (κ2) is 8.66. The molecule has 0 radical (unpaired) electrons. The summed E-state index contributed by atoms with van der Waals surface area (Å²) in [6.07, 6.45) is 0.809. The molecule has 1 aliphatic heterocycles. The monoisotopic (exact) mass is 410 g/mol. The number of carbonyl (C=O) groups is 1. The van der Waals surface area contributed by atoms with Crippen LogP contribution >= 0.6 is 11.6 Å². The normalized spacial score (nSPS) is 14.3. The lowest BCUT2D eigenvalue weighted by atomic mass is 10.1. The molecule has 2 heterocycles. The number of anilines is 1. The van der Waals surface area contributed by atoms with Crippen molar-refractivity contribution in [2.75, 3.05) is 31.1 Å². The summed E-state index contributed by atoms with van der Waals surface area (Å²) in [5, 5.41) is 4.80. The van der Waals surface area contributed by atoms with Gasteiger partial charge in [0, 0.05) is 44.6 Å². The molecule has 6 nitrogen and oxygen atoms in total. The zero-order chi connectivity index (χ0) is 20.2. The smallest absolute Gasteiger partial charge is 0.227 e.